The molecule has 122 valence electrons. The maximum atomic E-state index is 12.9. The molecule has 0 fully saturated rings. The van der Waals surface area contributed by atoms with Crippen LogP contribution < -0.4 is 10.7 Å². The summed E-state index contributed by atoms with van der Waals surface area (Å²) in [5, 5.41) is 6.86. The zero-order chi connectivity index (χ0) is 17.1. The number of amides is 2. The lowest BCUT2D eigenvalue weighted by Crippen LogP contribution is -2.31. The Labute approximate surface area is 138 Å². The number of halogens is 1. The van der Waals surface area contributed by atoms with Crippen molar-refractivity contribution in [2.24, 2.45) is 11.0 Å². The zero-order valence-corrected chi connectivity index (χ0v) is 13.0. The van der Waals surface area contributed by atoms with E-state index in [4.69, 9.17) is 0 Å². The van der Waals surface area contributed by atoms with Crippen LogP contribution in [0.5, 0.6) is 0 Å². The van der Waals surface area contributed by atoms with E-state index in [1.54, 1.807) is 12.1 Å². The van der Waals surface area contributed by atoms with Gasteiger partial charge in [-0.3, -0.25) is 9.59 Å². The van der Waals surface area contributed by atoms with Crippen molar-refractivity contribution in [1.82, 2.24) is 5.43 Å². The number of rotatable bonds is 3. The lowest BCUT2D eigenvalue weighted by Gasteiger charge is -2.19. The number of hydrogen-bond donors (Lipinski definition) is 2. The Bertz CT molecular complexity index is 798. The Morgan fingerprint density at radius 1 is 1.17 bits per heavy atom. The quantitative estimate of drug-likeness (QED) is 0.911. The van der Waals surface area contributed by atoms with Gasteiger partial charge in [-0.25, -0.2) is 9.82 Å². The number of hydrogen-bond acceptors (Lipinski definition) is 3. The van der Waals surface area contributed by atoms with Crippen LogP contribution in [0.25, 0.3) is 0 Å². The molecule has 0 saturated heterocycles. The fourth-order valence-corrected chi connectivity index (χ4v) is 2.53. The number of nitrogens with zero attached hydrogens (tertiary/aromatic N) is 1. The molecule has 1 aliphatic rings. The zero-order valence-electron chi connectivity index (χ0n) is 13.0. The van der Waals surface area contributed by atoms with Crippen molar-refractivity contribution in [3.05, 3.63) is 65.5 Å². The molecule has 0 spiro atoms. The van der Waals surface area contributed by atoms with Gasteiger partial charge in [-0.1, -0.05) is 19.1 Å². The first-order valence-electron chi connectivity index (χ1n) is 7.57. The summed E-state index contributed by atoms with van der Waals surface area (Å²) >= 11 is 0. The lowest BCUT2D eigenvalue weighted by molar-refractivity contribution is -0.121. The van der Waals surface area contributed by atoms with E-state index in [0.717, 1.165) is 11.3 Å². The van der Waals surface area contributed by atoms with E-state index < -0.39 is 0 Å². The van der Waals surface area contributed by atoms with Crippen molar-refractivity contribution < 1.29 is 14.0 Å². The van der Waals surface area contributed by atoms with Crippen LogP contribution in [0.2, 0.25) is 0 Å². The van der Waals surface area contributed by atoms with Crippen LogP contribution in [0.15, 0.2) is 53.6 Å². The predicted molar refractivity (Wildman–Crippen MR) is 89.3 cm³/mol. The molecule has 6 heteroatoms. The van der Waals surface area contributed by atoms with E-state index in [9.17, 15) is 14.0 Å². The monoisotopic (exact) mass is 325 g/mol. The molecule has 1 heterocycles. The molecular formula is C18H16FN3O2. The van der Waals surface area contributed by atoms with Crippen molar-refractivity contribution in [3.63, 3.8) is 0 Å². The Kier molecular flexibility index (Phi) is 4.37. The van der Waals surface area contributed by atoms with Gasteiger partial charge in [0.15, 0.2) is 0 Å². The van der Waals surface area contributed by atoms with Crippen LogP contribution in [0.1, 0.15) is 29.3 Å². The molecule has 1 atom stereocenters. The third kappa shape index (κ3) is 3.48. The highest BCUT2D eigenvalue weighted by molar-refractivity contribution is 6.07. The van der Waals surface area contributed by atoms with E-state index in [1.165, 1.54) is 24.3 Å². The van der Waals surface area contributed by atoms with Gasteiger partial charge in [-0.15, -0.1) is 0 Å². The molecule has 2 N–H and O–H groups in total. The van der Waals surface area contributed by atoms with Gasteiger partial charge in [0.05, 0.1) is 5.71 Å². The summed E-state index contributed by atoms with van der Waals surface area (Å²) < 4.78 is 12.9. The van der Waals surface area contributed by atoms with Crippen molar-refractivity contribution in [2.45, 2.75) is 13.3 Å². The summed E-state index contributed by atoms with van der Waals surface area (Å²) in [5.74, 6) is -0.739. The van der Waals surface area contributed by atoms with Gasteiger partial charge in [-0.05, 0) is 42.0 Å². The first-order valence-corrected chi connectivity index (χ1v) is 7.57. The minimum atomic E-state index is -0.384. The molecule has 1 aliphatic heterocycles. The highest BCUT2D eigenvalue weighted by Gasteiger charge is 2.21. The van der Waals surface area contributed by atoms with E-state index in [2.05, 4.69) is 15.8 Å². The topological polar surface area (TPSA) is 70.6 Å². The summed E-state index contributed by atoms with van der Waals surface area (Å²) in [6, 6.07) is 12.6. The lowest BCUT2D eigenvalue weighted by atomic mass is 9.94. The highest BCUT2D eigenvalue weighted by Crippen LogP contribution is 2.19. The third-order valence-electron chi connectivity index (χ3n) is 3.80. The normalized spacial score (nSPS) is 17.0. The van der Waals surface area contributed by atoms with Gasteiger partial charge in [0, 0.05) is 23.6 Å². The molecule has 3 rings (SSSR count). The fourth-order valence-electron chi connectivity index (χ4n) is 2.53. The number of anilines is 1. The number of hydrazone groups is 1. The molecule has 2 aromatic carbocycles. The molecular weight excluding hydrogens is 309 g/mol. The van der Waals surface area contributed by atoms with Crippen LogP contribution in [-0.2, 0) is 4.79 Å². The van der Waals surface area contributed by atoms with Crippen LogP contribution >= 0.6 is 0 Å². The summed E-state index contributed by atoms with van der Waals surface area (Å²) in [4.78, 5) is 23.4. The molecule has 1 unspecified atom stereocenters. The number of carbonyl (C=O) groups is 2. The Hall–Kier alpha value is -3.02. The Morgan fingerprint density at radius 3 is 2.46 bits per heavy atom. The molecule has 0 aliphatic carbocycles. The van der Waals surface area contributed by atoms with E-state index in [0.29, 0.717) is 17.7 Å². The van der Waals surface area contributed by atoms with Gasteiger partial charge in [0.25, 0.3) is 5.91 Å². The molecule has 0 saturated carbocycles. The summed E-state index contributed by atoms with van der Waals surface area (Å²) in [6.07, 6.45) is 0.405. The maximum Gasteiger partial charge on any atom is 0.255 e. The van der Waals surface area contributed by atoms with Crippen molar-refractivity contribution in [2.75, 3.05) is 5.32 Å². The number of benzene rings is 2. The fraction of sp³-hybridized carbons (Fsp3) is 0.167. The molecule has 2 amide bonds. The van der Waals surface area contributed by atoms with Crippen LogP contribution in [0.4, 0.5) is 10.1 Å². The Morgan fingerprint density at radius 2 is 1.83 bits per heavy atom. The Balaban J connectivity index is 1.72. The largest absolute Gasteiger partial charge is 0.322 e. The average Bonchev–Trinajstić information content (AvgIpc) is 2.56. The van der Waals surface area contributed by atoms with Gasteiger partial charge >= 0.3 is 0 Å². The second-order valence-corrected chi connectivity index (χ2v) is 5.68. The third-order valence-corrected chi connectivity index (χ3v) is 3.80. The second-order valence-electron chi connectivity index (χ2n) is 5.68. The number of carbonyl (C=O) groups excluding carboxylic acids is 2. The smallest absolute Gasteiger partial charge is 0.255 e. The van der Waals surface area contributed by atoms with Crippen molar-refractivity contribution >= 4 is 23.2 Å². The van der Waals surface area contributed by atoms with Crippen LogP contribution in [0, 0.1) is 11.7 Å². The van der Waals surface area contributed by atoms with E-state index in [1.807, 2.05) is 19.1 Å². The first-order chi connectivity index (χ1) is 11.5. The molecule has 2 aromatic rings. The minimum Gasteiger partial charge on any atom is -0.322 e. The summed E-state index contributed by atoms with van der Waals surface area (Å²) in [6.45, 7) is 1.95. The van der Waals surface area contributed by atoms with Crippen LogP contribution in [-0.4, -0.2) is 17.5 Å². The second kappa shape index (κ2) is 6.62. The number of nitrogens with one attached hydrogen (secondary N) is 2. The molecule has 0 aromatic heterocycles. The van der Waals surface area contributed by atoms with Crippen molar-refractivity contribution in [1.29, 1.82) is 0 Å². The van der Waals surface area contributed by atoms with Crippen molar-refractivity contribution in [3.8, 4) is 0 Å². The highest BCUT2D eigenvalue weighted by atomic mass is 19.1. The van der Waals surface area contributed by atoms with Gasteiger partial charge in [0.2, 0.25) is 5.91 Å². The van der Waals surface area contributed by atoms with Gasteiger partial charge in [-0.2, -0.15) is 5.10 Å². The molecule has 0 radical (unpaired) electrons. The van der Waals surface area contributed by atoms with E-state index in [-0.39, 0.29) is 23.5 Å². The SMILES string of the molecule is CC1CC(=O)NN=C1c1ccc(NC(=O)c2ccc(F)cc2)cc1. The summed E-state index contributed by atoms with van der Waals surface area (Å²) in [5.41, 5.74) is 5.19. The van der Waals surface area contributed by atoms with Gasteiger partial charge < -0.3 is 5.32 Å². The van der Waals surface area contributed by atoms with Gasteiger partial charge in [0.1, 0.15) is 5.82 Å². The predicted octanol–water partition coefficient (Wildman–Crippen LogP) is 2.94. The molecule has 5 nitrogen and oxygen atoms in total. The molecule has 0 bridgehead atoms. The average molecular weight is 325 g/mol. The molecule has 24 heavy (non-hydrogen) atoms. The van der Waals surface area contributed by atoms with E-state index >= 15 is 0 Å². The van der Waals surface area contributed by atoms with Crippen LogP contribution in [0.3, 0.4) is 0 Å². The summed E-state index contributed by atoms with van der Waals surface area (Å²) in [7, 11) is 0. The standard InChI is InChI=1S/C18H16FN3O2/c1-11-10-16(23)21-22-17(11)12-4-8-15(9-5-12)20-18(24)13-2-6-14(19)7-3-13/h2-9,11H,10H2,1H3,(H,20,24)(H,21,23). The first kappa shape index (κ1) is 15.9. The maximum absolute atomic E-state index is 12.9. The minimum absolute atomic E-state index is 0.0402.